The van der Waals surface area contributed by atoms with Crippen LogP contribution >= 0.6 is 11.3 Å². The molecule has 10 heteroatoms. The molecule has 0 aliphatic carbocycles. The molecule has 0 bridgehead atoms. The monoisotopic (exact) mass is 436 g/mol. The van der Waals surface area contributed by atoms with E-state index in [-0.39, 0.29) is 11.2 Å². The van der Waals surface area contributed by atoms with Crippen LogP contribution in [0.25, 0.3) is 23.2 Å². The van der Waals surface area contributed by atoms with E-state index < -0.39 is 4.92 Å². The molecule has 9 nitrogen and oxygen atoms in total. The van der Waals surface area contributed by atoms with Crippen LogP contribution in [0.2, 0.25) is 0 Å². The lowest BCUT2D eigenvalue weighted by Crippen LogP contribution is -2.23. The second-order valence-electron chi connectivity index (χ2n) is 6.38. The van der Waals surface area contributed by atoms with E-state index in [1.165, 1.54) is 28.0 Å². The van der Waals surface area contributed by atoms with E-state index >= 15 is 0 Å². The van der Waals surface area contributed by atoms with Crippen molar-refractivity contribution in [2.45, 2.75) is 0 Å². The van der Waals surface area contributed by atoms with Gasteiger partial charge in [-0.05, 0) is 35.4 Å². The zero-order chi connectivity index (χ0) is 22.0. The first-order valence-corrected chi connectivity index (χ1v) is 9.86. The Balaban J connectivity index is 1.64. The molecule has 4 aromatic rings. The highest BCUT2D eigenvalue weighted by molar-refractivity contribution is 7.15. The summed E-state index contributed by atoms with van der Waals surface area (Å²) in [6, 6.07) is 11.5. The van der Waals surface area contributed by atoms with E-state index in [1.807, 2.05) is 18.2 Å². The van der Waals surface area contributed by atoms with Crippen LogP contribution in [-0.2, 0) is 0 Å². The molecular weight excluding hydrogens is 420 g/mol. The molecule has 0 radical (unpaired) electrons. The molecule has 4 rings (SSSR count). The second kappa shape index (κ2) is 8.36. The molecule has 0 aliphatic heterocycles. The molecular formula is C21H16N4O5S. The lowest BCUT2D eigenvalue weighted by molar-refractivity contribution is -0.384. The first kappa shape index (κ1) is 20.2. The normalized spacial score (nSPS) is 12.0. The molecule has 2 aromatic heterocycles. The third-order valence-electron chi connectivity index (χ3n) is 4.41. The van der Waals surface area contributed by atoms with Gasteiger partial charge in [0.15, 0.2) is 17.3 Å². The maximum absolute atomic E-state index is 12.6. The summed E-state index contributed by atoms with van der Waals surface area (Å²) in [6.07, 6.45) is 5.10. The third kappa shape index (κ3) is 4.14. The summed E-state index contributed by atoms with van der Waals surface area (Å²) in [5.41, 5.74) is 1.05. The Bertz CT molecular complexity index is 1420. The second-order valence-corrected chi connectivity index (χ2v) is 7.39. The molecule has 0 N–H and O–H groups in total. The van der Waals surface area contributed by atoms with Gasteiger partial charge >= 0.3 is 0 Å². The van der Waals surface area contributed by atoms with Gasteiger partial charge in [-0.2, -0.15) is 9.50 Å². The van der Waals surface area contributed by atoms with Gasteiger partial charge in [0.1, 0.15) is 0 Å². The molecule has 0 saturated heterocycles. The summed E-state index contributed by atoms with van der Waals surface area (Å²) < 4.78 is 12.1. The van der Waals surface area contributed by atoms with Crippen molar-refractivity contribution in [3.05, 3.63) is 84.4 Å². The van der Waals surface area contributed by atoms with Crippen molar-refractivity contribution in [2.24, 2.45) is 0 Å². The molecule has 31 heavy (non-hydrogen) atoms. The largest absolute Gasteiger partial charge is 0.493 e. The fraction of sp³-hybridized carbons (Fsp3) is 0.0952. The topological polar surface area (TPSA) is 109 Å². The van der Waals surface area contributed by atoms with Crippen molar-refractivity contribution in [1.29, 1.82) is 0 Å². The van der Waals surface area contributed by atoms with Gasteiger partial charge in [0.25, 0.3) is 11.2 Å². The maximum Gasteiger partial charge on any atom is 0.291 e. The fourth-order valence-corrected chi connectivity index (χ4v) is 3.84. The predicted molar refractivity (Wildman–Crippen MR) is 117 cm³/mol. The van der Waals surface area contributed by atoms with E-state index in [9.17, 15) is 14.9 Å². The first-order chi connectivity index (χ1) is 15.0. The van der Waals surface area contributed by atoms with E-state index in [1.54, 1.807) is 44.6 Å². The van der Waals surface area contributed by atoms with Gasteiger partial charge in [0, 0.05) is 12.1 Å². The van der Waals surface area contributed by atoms with Gasteiger partial charge in [-0.25, -0.2) is 0 Å². The summed E-state index contributed by atoms with van der Waals surface area (Å²) in [4.78, 5) is 27.9. The number of non-ortho nitro benzene ring substituents is 1. The molecule has 0 unspecified atom stereocenters. The number of nitro groups is 1. The van der Waals surface area contributed by atoms with Gasteiger partial charge in [-0.3, -0.25) is 14.9 Å². The Morgan fingerprint density at radius 1 is 1.06 bits per heavy atom. The molecule has 0 amide bonds. The number of ether oxygens (including phenoxy) is 2. The van der Waals surface area contributed by atoms with Crippen LogP contribution in [-0.4, -0.2) is 33.7 Å². The SMILES string of the molecule is COc1ccc(/C=C/c2nc3s/c(=C\c4cccc([N+](=O)[O-])c4)c(=O)n3n2)cc1OC. The predicted octanol–water partition coefficient (Wildman–Crippen LogP) is 2.79. The molecule has 2 heterocycles. The Morgan fingerprint density at radius 3 is 2.58 bits per heavy atom. The van der Waals surface area contributed by atoms with Crippen LogP contribution in [0.3, 0.4) is 0 Å². The number of hydrogen-bond donors (Lipinski definition) is 0. The Hall–Kier alpha value is -4.05. The zero-order valence-corrected chi connectivity index (χ0v) is 17.3. The van der Waals surface area contributed by atoms with Crippen molar-refractivity contribution >= 4 is 40.2 Å². The van der Waals surface area contributed by atoms with E-state index in [2.05, 4.69) is 10.1 Å². The van der Waals surface area contributed by atoms with Crippen LogP contribution in [0.15, 0.2) is 47.3 Å². The van der Waals surface area contributed by atoms with Crippen LogP contribution in [0.1, 0.15) is 17.0 Å². The maximum atomic E-state index is 12.6. The quantitative estimate of drug-likeness (QED) is 0.338. The number of rotatable bonds is 6. The number of benzene rings is 2. The minimum Gasteiger partial charge on any atom is -0.493 e. The molecule has 0 aliphatic rings. The van der Waals surface area contributed by atoms with Crippen molar-refractivity contribution < 1.29 is 14.4 Å². The average molecular weight is 436 g/mol. The van der Waals surface area contributed by atoms with E-state index in [0.717, 1.165) is 5.56 Å². The number of nitro benzene ring substituents is 1. The lowest BCUT2D eigenvalue weighted by Gasteiger charge is -2.07. The summed E-state index contributed by atoms with van der Waals surface area (Å²) in [6.45, 7) is 0. The highest BCUT2D eigenvalue weighted by Gasteiger charge is 2.10. The van der Waals surface area contributed by atoms with Crippen LogP contribution < -0.4 is 19.6 Å². The van der Waals surface area contributed by atoms with E-state index in [4.69, 9.17) is 9.47 Å². The number of hydrogen-bond acceptors (Lipinski definition) is 8. The van der Waals surface area contributed by atoms with Crippen LogP contribution in [0, 0.1) is 10.1 Å². The summed E-state index contributed by atoms with van der Waals surface area (Å²) >= 11 is 1.17. The fourth-order valence-electron chi connectivity index (χ4n) is 2.93. The first-order valence-electron chi connectivity index (χ1n) is 9.04. The van der Waals surface area contributed by atoms with Gasteiger partial charge < -0.3 is 9.47 Å². The summed E-state index contributed by atoms with van der Waals surface area (Å²) in [5.74, 6) is 1.62. The number of methoxy groups -OCH3 is 2. The zero-order valence-electron chi connectivity index (χ0n) is 16.5. The minimum atomic E-state index is -0.477. The number of fused-ring (bicyclic) bond motifs is 1. The molecule has 2 aromatic carbocycles. The van der Waals surface area contributed by atoms with Gasteiger partial charge in [0.05, 0.1) is 23.7 Å². The van der Waals surface area contributed by atoms with E-state index in [0.29, 0.717) is 32.4 Å². The molecule has 0 saturated carbocycles. The molecule has 0 atom stereocenters. The molecule has 156 valence electrons. The van der Waals surface area contributed by atoms with Crippen LogP contribution in [0.5, 0.6) is 11.5 Å². The van der Waals surface area contributed by atoms with Crippen LogP contribution in [0.4, 0.5) is 5.69 Å². The minimum absolute atomic E-state index is 0.0387. The smallest absolute Gasteiger partial charge is 0.291 e. The summed E-state index contributed by atoms with van der Waals surface area (Å²) in [7, 11) is 3.13. The Labute approximate surface area is 179 Å². The number of nitrogens with zero attached hydrogens (tertiary/aromatic N) is 4. The lowest BCUT2D eigenvalue weighted by atomic mass is 10.2. The van der Waals surface area contributed by atoms with Gasteiger partial charge in [-0.1, -0.05) is 35.6 Å². The highest BCUT2D eigenvalue weighted by Crippen LogP contribution is 2.28. The summed E-state index contributed by atoms with van der Waals surface area (Å²) in [5, 5.41) is 15.2. The average Bonchev–Trinajstić information content (AvgIpc) is 3.30. The Morgan fingerprint density at radius 2 is 1.87 bits per heavy atom. The molecule has 0 fully saturated rings. The highest BCUT2D eigenvalue weighted by atomic mass is 32.1. The standard InChI is InChI=1S/C21H16N4O5S/c1-29-16-8-6-13(11-17(16)30-2)7-9-19-22-21-24(23-19)20(26)18(31-21)12-14-4-3-5-15(10-14)25(27)28/h3-12H,1-2H3/b9-7+,18-12-. The molecule has 0 spiro atoms. The number of thiazole rings is 1. The third-order valence-corrected chi connectivity index (χ3v) is 5.37. The van der Waals surface area contributed by atoms with Crippen molar-refractivity contribution in [2.75, 3.05) is 14.2 Å². The van der Waals surface area contributed by atoms with Crippen molar-refractivity contribution in [3.8, 4) is 11.5 Å². The van der Waals surface area contributed by atoms with Crippen molar-refractivity contribution in [3.63, 3.8) is 0 Å². The Kier molecular flexibility index (Phi) is 5.46. The number of aromatic nitrogens is 3. The van der Waals surface area contributed by atoms with Gasteiger partial charge in [-0.15, -0.1) is 5.10 Å². The van der Waals surface area contributed by atoms with Gasteiger partial charge in [0.2, 0.25) is 4.96 Å². The van der Waals surface area contributed by atoms with Crippen molar-refractivity contribution in [1.82, 2.24) is 14.6 Å².